The Balaban J connectivity index is 0.00000242. The summed E-state index contributed by atoms with van der Waals surface area (Å²) < 4.78 is 0. The molecule has 1 aliphatic heterocycles. The van der Waals surface area contributed by atoms with Gasteiger partial charge in [-0.3, -0.25) is 9.69 Å². The van der Waals surface area contributed by atoms with Gasteiger partial charge in [0.05, 0.1) is 6.54 Å². The second-order valence-electron chi connectivity index (χ2n) is 5.57. The zero-order valence-electron chi connectivity index (χ0n) is 13.5. The highest BCUT2D eigenvalue weighted by molar-refractivity contribution is 5.85. The molecule has 2 rings (SSSR count). The molecule has 1 atom stereocenters. The van der Waals surface area contributed by atoms with E-state index in [9.17, 15) is 4.79 Å². The molecule has 1 aliphatic rings. The largest absolute Gasteiger partial charge is 0.355 e. The van der Waals surface area contributed by atoms with Gasteiger partial charge in [-0.15, -0.1) is 24.8 Å². The van der Waals surface area contributed by atoms with Crippen molar-refractivity contribution in [3.05, 3.63) is 24.4 Å². The number of aromatic nitrogens is 1. The van der Waals surface area contributed by atoms with E-state index in [4.69, 9.17) is 5.73 Å². The molecule has 0 spiro atoms. The number of carbonyl (C=O) groups excluding carboxylic acids is 1. The van der Waals surface area contributed by atoms with Crippen molar-refractivity contribution in [3.63, 3.8) is 0 Å². The molecule has 0 saturated carbocycles. The van der Waals surface area contributed by atoms with Crippen LogP contribution in [-0.2, 0) is 4.79 Å². The Hall–Kier alpha value is -1.08. The Morgan fingerprint density at radius 1 is 1.30 bits per heavy atom. The number of rotatable bonds is 6. The van der Waals surface area contributed by atoms with Gasteiger partial charge in [0.15, 0.2) is 0 Å². The summed E-state index contributed by atoms with van der Waals surface area (Å²) in [6, 6.07) is 6.08. The Morgan fingerprint density at radius 2 is 2.00 bits per heavy atom. The third kappa shape index (κ3) is 7.83. The van der Waals surface area contributed by atoms with Gasteiger partial charge < -0.3 is 16.0 Å². The fourth-order valence-electron chi connectivity index (χ4n) is 2.37. The number of amides is 1. The molecule has 1 unspecified atom stereocenters. The minimum Gasteiger partial charge on any atom is -0.355 e. The van der Waals surface area contributed by atoms with E-state index in [1.165, 1.54) is 0 Å². The van der Waals surface area contributed by atoms with Crippen LogP contribution in [0.15, 0.2) is 24.4 Å². The molecule has 0 bridgehead atoms. The van der Waals surface area contributed by atoms with E-state index >= 15 is 0 Å². The van der Waals surface area contributed by atoms with E-state index in [0.29, 0.717) is 13.1 Å². The summed E-state index contributed by atoms with van der Waals surface area (Å²) in [6.45, 7) is 6.66. The van der Waals surface area contributed by atoms with Gasteiger partial charge in [-0.1, -0.05) is 6.07 Å². The number of piperazine rings is 1. The summed E-state index contributed by atoms with van der Waals surface area (Å²) in [7, 11) is 0. The molecule has 3 N–H and O–H groups in total. The fourth-order valence-corrected chi connectivity index (χ4v) is 2.37. The van der Waals surface area contributed by atoms with Crippen LogP contribution in [0.3, 0.4) is 0 Å². The maximum atomic E-state index is 11.8. The van der Waals surface area contributed by atoms with E-state index in [1.54, 1.807) is 0 Å². The van der Waals surface area contributed by atoms with Crippen LogP contribution in [0.5, 0.6) is 0 Å². The molecule has 2 heterocycles. The normalized spacial score (nSPS) is 16.0. The molecular weight excluding hydrogens is 337 g/mol. The summed E-state index contributed by atoms with van der Waals surface area (Å²) >= 11 is 0. The van der Waals surface area contributed by atoms with Crippen molar-refractivity contribution < 1.29 is 4.79 Å². The Kier molecular flexibility index (Phi) is 10.9. The third-order valence-electron chi connectivity index (χ3n) is 3.63. The average Bonchev–Trinajstić information content (AvgIpc) is 2.48. The highest BCUT2D eigenvalue weighted by Gasteiger charge is 2.19. The number of nitrogens with two attached hydrogens (primary N) is 1. The number of pyridine rings is 1. The highest BCUT2D eigenvalue weighted by Crippen LogP contribution is 2.12. The van der Waals surface area contributed by atoms with Gasteiger partial charge in [-0.25, -0.2) is 4.98 Å². The first-order valence-corrected chi connectivity index (χ1v) is 7.56. The Bertz CT molecular complexity index is 439. The summed E-state index contributed by atoms with van der Waals surface area (Å²) in [5.74, 6) is 1.10. The van der Waals surface area contributed by atoms with E-state index in [-0.39, 0.29) is 36.8 Å². The lowest BCUT2D eigenvalue weighted by Crippen LogP contribution is -2.49. The molecule has 1 aromatic heterocycles. The monoisotopic (exact) mass is 363 g/mol. The van der Waals surface area contributed by atoms with Gasteiger partial charge in [0, 0.05) is 45.0 Å². The predicted octanol–water partition coefficient (Wildman–Crippen LogP) is 0.901. The average molecular weight is 364 g/mol. The molecule has 23 heavy (non-hydrogen) atoms. The van der Waals surface area contributed by atoms with Crippen molar-refractivity contribution in [2.24, 2.45) is 5.73 Å². The minimum atomic E-state index is 0. The number of anilines is 1. The minimum absolute atomic E-state index is 0. The molecule has 0 aromatic carbocycles. The number of hydrogen-bond acceptors (Lipinski definition) is 5. The van der Waals surface area contributed by atoms with Gasteiger partial charge in [-0.05, 0) is 25.5 Å². The van der Waals surface area contributed by atoms with Crippen molar-refractivity contribution >= 4 is 36.5 Å². The lowest BCUT2D eigenvalue weighted by molar-refractivity contribution is -0.122. The molecule has 8 heteroatoms. The lowest BCUT2D eigenvalue weighted by atomic mass is 10.2. The molecule has 1 amide bonds. The first-order valence-electron chi connectivity index (χ1n) is 7.56. The summed E-state index contributed by atoms with van der Waals surface area (Å²) in [5, 5.41) is 2.92. The summed E-state index contributed by atoms with van der Waals surface area (Å²) in [4.78, 5) is 20.6. The van der Waals surface area contributed by atoms with Crippen molar-refractivity contribution in [2.75, 3.05) is 44.2 Å². The topological polar surface area (TPSA) is 74.5 Å². The van der Waals surface area contributed by atoms with E-state index in [2.05, 4.69) is 20.1 Å². The van der Waals surface area contributed by atoms with Gasteiger partial charge in [0.25, 0.3) is 0 Å². The first kappa shape index (κ1) is 21.9. The molecule has 1 saturated heterocycles. The number of hydrogen-bond donors (Lipinski definition) is 2. The summed E-state index contributed by atoms with van der Waals surface area (Å²) in [5.41, 5.74) is 5.66. The van der Waals surface area contributed by atoms with Gasteiger partial charge in [-0.2, -0.15) is 0 Å². The standard InChI is InChI=1S/C15H25N5O.2ClH/c1-13(16)5-7-18-15(21)12-19-8-10-20(11-9-19)14-4-2-3-6-17-14;;/h2-4,6,13H,5,7-12,16H2,1H3,(H,18,21);2*1H. The third-order valence-corrected chi connectivity index (χ3v) is 3.63. The first-order chi connectivity index (χ1) is 10.1. The zero-order chi connectivity index (χ0) is 15.1. The van der Waals surface area contributed by atoms with Crippen LogP contribution in [0.25, 0.3) is 0 Å². The SMILES string of the molecule is CC(N)CCNC(=O)CN1CCN(c2ccccn2)CC1.Cl.Cl. The quantitative estimate of drug-likeness (QED) is 0.785. The second-order valence-corrected chi connectivity index (χ2v) is 5.57. The van der Waals surface area contributed by atoms with Crippen LogP contribution in [0.1, 0.15) is 13.3 Å². The molecule has 132 valence electrons. The lowest BCUT2D eigenvalue weighted by Gasteiger charge is -2.34. The molecule has 1 fully saturated rings. The van der Waals surface area contributed by atoms with Gasteiger partial charge in [0.1, 0.15) is 5.82 Å². The summed E-state index contributed by atoms with van der Waals surface area (Å²) in [6.07, 6.45) is 2.63. The van der Waals surface area contributed by atoms with Crippen molar-refractivity contribution in [3.8, 4) is 0 Å². The van der Waals surface area contributed by atoms with Crippen molar-refractivity contribution in [1.29, 1.82) is 0 Å². The second kappa shape index (κ2) is 11.5. The number of carbonyl (C=O) groups is 1. The highest BCUT2D eigenvalue weighted by atomic mass is 35.5. The van der Waals surface area contributed by atoms with Crippen LogP contribution >= 0.6 is 24.8 Å². The molecule has 1 aromatic rings. The van der Waals surface area contributed by atoms with E-state index in [1.807, 2.05) is 31.3 Å². The molecule has 0 aliphatic carbocycles. The van der Waals surface area contributed by atoms with E-state index in [0.717, 1.165) is 38.4 Å². The van der Waals surface area contributed by atoms with E-state index < -0.39 is 0 Å². The van der Waals surface area contributed by atoms with Crippen molar-refractivity contribution in [2.45, 2.75) is 19.4 Å². The van der Waals surface area contributed by atoms with Crippen LogP contribution in [0.2, 0.25) is 0 Å². The molecule has 6 nitrogen and oxygen atoms in total. The number of halogens is 2. The van der Waals surface area contributed by atoms with Crippen LogP contribution in [-0.4, -0.2) is 61.1 Å². The Labute approximate surface area is 150 Å². The van der Waals surface area contributed by atoms with Crippen LogP contribution in [0.4, 0.5) is 5.82 Å². The predicted molar refractivity (Wildman–Crippen MR) is 98.7 cm³/mol. The maximum absolute atomic E-state index is 11.8. The zero-order valence-corrected chi connectivity index (χ0v) is 15.1. The van der Waals surface area contributed by atoms with Crippen LogP contribution < -0.4 is 16.0 Å². The number of nitrogens with one attached hydrogen (secondary N) is 1. The van der Waals surface area contributed by atoms with Crippen molar-refractivity contribution in [1.82, 2.24) is 15.2 Å². The van der Waals surface area contributed by atoms with Gasteiger partial charge >= 0.3 is 0 Å². The van der Waals surface area contributed by atoms with Crippen LogP contribution in [0, 0.1) is 0 Å². The maximum Gasteiger partial charge on any atom is 0.234 e. The smallest absolute Gasteiger partial charge is 0.234 e. The molecule has 0 radical (unpaired) electrons. The fraction of sp³-hybridized carbons (Fsp3) is 0.600. The number of nitrogens with zero attached hydrogens (tertiary/aromatic N) is 3. The van der Waals surface area contributed by atoms with Gasteiger partial charge in [0.2, 0.25) is 5.91 Å². The molecular formula is C15H27Cl2N5O. The Morgan fingerprint density at radius 3 is 2.57 bits per heavy atom.